The molecule has 2 amide bonds. The molecule has 0 aliphatic heterocycles. The average Bonchev–Trinajstić information content (AvgIpc) is 3.21. The monoisotopic (exact) mass is 394 g/mol. The maximum absolute atomic E-state index is 14.0. The quantitative estimate of drug-likeness (QED) is 0.644. The molecule has 1 aromatic heterocycles. The summed E-state index contributed by atoms with van der Waals surface area (Å²) in [5.41, 5.74) is 2.03. The Labute approximate surface area is 169 Å². The third-order valence-corrected chi connectivity index (χ3v) is 4.56. The fraction of sp³-hybridized carbons (Fsp3) is 0.227. The maximum Gasteiger partial charge on any atom is 0.274 e. The molecule has 3 rings (SSSR count). The Hall–Kier alpha value is -3.48. The van der Waals surface area contributed by atoms with Crippen molar-refractivity contribution in [2.75, 3.05) is 20.6 Å². The van der Waals surface area contributed by atoms with E-state index in [0.717, 1.165) is 5.56 Å². The SMILES string of the molecule is CCN(Cc1ccc(C(=O)N(C)C)cc1)C(=O)c1ccn(-c2ccccc2F)n1. The number of aromatic nitrogens is 2. The van der Waals surface area contributed by atoms with Gasteiger partial charge in [0.25, 0.3) is 11.8 Å². The summed E-state index contributed by atoms with van der Waals surface area (Å²) in [6.07, 6.45) is 1.57. The van der Waals surface area contributed by atoms with Crippen molar-refractivity contribution in [3.8, 4) is 5.69 Å². The molecule has 0 saturated heterocycles. The first-order valence-corrected chi connectivity index (χ1v) is 9.31. The standard InChI is InChI=1S/C22H23FN4O2/c1-4-26(15-16-9-11-17(12-10-16)21(28)25(2)3)22(29)19-13-14-27(24-19)20-8-6-5-7-18(20)23/h5-14H,4,15H2,1-3H3. The van der Waals surface area contributed by atoms with E-state index in [1.54, 1.807) is 61.6 Å². The lowest BCUT2D eigenvalue weighted by molar-refractivity contribution is 0.0745. The molecule has 29 heavy (non-hydrogen) atoms. The van der Waals surface area contributed by atoms with Crippen LogP contribution in [0.1, 0.15) is 33.3 Å². The molecule has 7 heteroatoms. The van der Waals surface area contributed by atoms with Gasteiger partial charge < -0.3 is 9.80 Å². The van der Waals surface area contributed by atoms with Gasteiger partial charge in [-0.2, -0.15) is 5.10 Å². The highest BCUT2D eigenvalue weighted by Gasteiger charge is 2.18. The van der Waals surface area contributed by atoms with Crippen LogP contribution in [0.2, 0.25) is 0 Å². The summed E-state index contributed by atoms with van der Waals surface area (Å²) in [5, 5.41) is 4.24. The molecule has 0 radical (unpaired) electrons. The Morgan fingerprint density at radius 3 is 2.31 bits per heavy atom. The maximum atomic E-state index is 14.0. The van der Waals surface area contributed by atoms with Gasteiger partial charge in [0, 0.05) is 38.9 Å². The molecule has 0 aliphatic carbocycles. The van der Waals surface area contributed by atoms with E-state index in [1.165, 1.54) is 15.6 Å². The minimum absolute atomic E-state index is 0.0707. The lowest BCUT2D eigenvalue weighted by atomic mass is 10.1. The Morgan fingerprint density at radius 1 is 1.00 bits per heavy atom. The number of hydrogen-bond donors (Lipinski definition) is 0. The van der Waals surface area contributed by atoms with Crippen LogP contribution in [0.25, 0.3) is 5.69 Å². The van der Waals surface area contributed by atoms with Crippen molar-refractivity contribution in [1.82, 2.24) is 19.6 Å². The predicted molar refractivity (Wildman–Crippen MR) is 108 cm³/mol. The van der Waals surface area contributed by atoms with Gasteiger partial charge in [-0.3, -0.25) is 9.59 Å². The van der Waals surface area contributed by atoms with Crippen molar-refractivity contribution in [2.24, 2.45) is 0 Å². The molecule has 6 nitrogen and oxygen atoms in total. The van der Waals surface area contributed by atoms with Crippen molar-refractivity contribution < 1.29 is 14.0 Å². The van der Waals surface area contributed by atoms with Crippen molar-refractivity contribution in [2.45, 2.75) is 13.5 Å². The smallest absolute Gasteiger partial charge is 0.274 e. The first kappa shape index (κ1) is 20.3. The zero-order valence-electron chi connectivity index (χ0n) is 16.7. The number of hydrogen-bond acceptors (Lipinski definition) is 3. The third-order valence-electron chi connectivity index (χ3n) is 4.56. The van der Waals surface area contributed by atoms with E-state index in [9.17, 15) is 14.0 Å². The first-order chi connectivity index (χ1) is 13.9. The Morgan fingerprint density at radius 2 is 1.69 bits per heavy atom. The lowest BCUT2D eigenvalue weighted by Gasteiger charge is -2.20. The van der Waals surface area contributed by atoms with Gasteiger partial charge in [-0.05, 0) is 42.8 Å². The number of para-hydroxylation sites is 1. The molecule has 0 aliphatic rings. The highest BCUT2D eigenvalue weighted by atomic mass is 19.1. The number of amides is 2. The number of carbonyl (C=O) groups is 2. The number of halogens is 1. The van der Waals surface area contributed by atoms with Gasteiger partial charge in [0.15, 0.2) is 5.69 Å². The molecule has 2 aromatic carbocycles. The van der Waals surface area contributed by atoms with Crippen LogP contribution in [0.4, 0.5) is 4.39 Å². The second-order valence-electron chi connectivity index (χ2n) is 6.81. The van der Waals surface area contributed by atoms with E-state index in [1.807, 2.05) is 19.1 Å². The Balaban J connectivity index is 1.74. The summed E-state index contributed by atoms with van der Waals surface area (Å²) in [4.78, 5) is 28.0. The fourth-order valence-corrected chi connectivity index (χ4v) is 2.93. The molecule has 1 heterocycles. The minimum atomic E-state index is -0.408. The molecule has 0 saturated carbocycles. The number of nitrogens with zero attached hydrogens (tertiary/aromatic N) is 4. The molecular formula is C22H23FN4O2. The van der Waals surface area contributed by atoms with Crippen molar-refractivity contribution in [3.05, 3.63) is 83.4 Å². The Bertz CT molecular complexity index is 1010. The molecule has 0 bridgehead atoms. The van der Waals surface area contributed by atoms with Gasteiger partial charge in [-0.15, -0.1) is 0 Å². The minimum Gasteiger partial charge on any atom is -0.345 e. The summed E-state index contributed by atoms with van der Waals surface area (Å²) < 4.78 is 15.3. The van der Waals surface area contributed by atoms with Crippen LogP contribution in [0, 0.1) is 5.82 Å². The van der Waals surface area contributed by atoms with E-state index >= 15 is 0 Å². The second kappa shape index (κ2) is 8.68. The van der Waals surface area contributed by atoms with Crippen LogP contribution in [0.5, 0.6) is 0 Å². The largest absolute Gasteiger partial charge is 0.345 e. The van der Waals surface area contributed by atoms with Crippen molar-refractivity contribution >= 4 is 11.8 Å². The molecule has 0 fully saturated rings. The van der Waals surface area contributed by atoms with Crippen LogP contribution in [-0.2, 0) is 6.54 Å². The van der Waals surface area contributed by atoms with E-state index in [4.69, 9.17) is 0 Å². The first-order valence-electron chi connectivity index (χ1n) is 9.31. The van der Waals surface area contributed by atoms with E-state index in [-0.39, 0.29) is 23.2 Å². The number of rotatable bonds is 6. The molecular weight excluding hydrogens is 371 g/mol. The van der Waals surface area contributed by atoms with E-state index < -0.39 is 5.82 Å². The molecule has 0 spiro atoms. The van der Waals surface area contributed by atoms with E-state index in [2.05, 4.69) is 5.10 Å². The van der Waals surface area contributed by atoms with Crippen molar-refractivity contribution in [1.29, 1.82) is 0 Å². The topological polar surface area (TPSA) is 58.4 Å². The summed E-state index contributed by atoms with van der Waals surface area (Å²) in [7, 11) is 3.41. The van der Waals surface area contributed by atoms with Gasteiger partial charge in [0.2, 0.25) is 0 Å². The number of benzene rings is 2. The van der Waals surface area contributed by atoms with Crippen LogP contribution in [-0.4, -0.2) is 52.0 Å². The van der Waals surface area contributed by atoms with Crippen LogP contribution >= 0.6 is 0 Å². The van der Waals surface area contributed by atoms with Crippen LogP contribution in [0.3, 0.4) is 0 Å². The normalized spacial score (nSPS) is 10.6. The summed E-state index contributed by atoms with van der Waals surface area (Å²) >= 11 is 0. The van der Waals surface area contributed by atoms with Gasteiger partial charge in [-0.25, -0.2) is 9.07 Å². The third kappa shape index (κ3) is 4.51. The van der Waals surface area contributed by atoms with Gasteiger partial charge in [-0.1, -0.05) is 24.3 Å². The second-order valence-corrected chi connectivity index (χ2v) is 6.81. The molecule has 3 aromatic rings. The summed E-state index contributed by atoms with van der Waals surface area (Å²) in [5.74, 6) is -0.719. The highest BCUT2D eigenvalue weighted by Crippen LogP contribution is 2.15. The fourth-order valence-electron chi connectivity index (χ4n) is 2.93. The average molecular weight is 394 g/mol. The molecule has 0 unspecified atom stereocenters. The van der Waals surface area contributed by atoms with Crippen LogP contribution < -0.4 is 0 Å². The zero-order valence-corrected chi connectivity index (χ0v) is 16.7. The molecule has 150 valence electrons. The predicted octanol–water partition coefficient (Wildman–Crippen LogP) is 3.38. The van der Waals surface area contributed by atoms with Gasteiger partial charge in [0.1, 0.15) is 11.5 Å². The van der Waals surface area contributed by atoms with Gasteiger partial charge >= 0.3 is 0 Å². The summed E-state index contributed by atoms with van der Waals surface area (Å²) in [6, 6.07) is 15.0. The summed E-state index contributed by atoms with van der Waals surface area (Å²) in [6.45, 7) is 2.76. The number of carbonyl (C=O) groups excluding carboxylic acids is 2. The lowest BCUT2D eigenvalue weighted by Crippen LogP contribution is -2.30. The van der Waals surface area contributed by atoms with E-state index in [0.29, 0.717) is 18.7 Å². The molecule has 0 N–H and O–H groups in total. The Kier molecular flexibility index (Phi) is 6.07. The molecule has 0 atom stereocenters. The zero-order chi connectivity index (χ0) is 21.0. The van der Waals surface area contributed by atoms with Gasteiger partial charge in [0.05, 0.1) is 0 Å². The van der Waals surface area contributed by atoms with Crippen LogP contribution in [0.15, 0.2) is 60.8 Å². The highest BCUT2D eigenvalue weighted by molar-refractivity contribution is 5.94. The van der Waals surface area contributed by atoms with Crippen molar-refractivity contribution in [3.63, 3.8) is 0 Å².